The van der Waals surface area contributed by atoms with E-state index in [2.05, 4.69) is 22.1 Å². The van der Waals surface area contributed by atoms with Gasteiger partial charge in [-0.3, -0.25) is 9.79 Å². The maximum Gasteiger partial charge on any atom is 0.416 e. The van der Waals surface area contributed by atoms with E-state index in [4.69, 9.17) is 17.2 Å². The van der Waals surface area contributed by atoms with Gasteiger partial charge in [-0.25, -0.2) is 9.38 Å². The van der Waals surface area contributed by atoms with Crippen LogP contribution >= 0.6 is 45.2 Å². The van der Waals surface area contributed by atoms with Gasteiger partial charge in [0.05, 0.1) is 24.3 Å². The molecule has 1 amide bonds. The maximum absolute atomic E-state index is 14.8. The monoisotopic (exact) mass is 848 g/mol. The average molecular weight is 848 g/mol. The number of alkyl halides is 6. The number of hydrogen-bond acceptors (Lipinski definition) is 3. The predicted octanol–water partition coefficient (Wildman–Crippen LogP) is 7.94. The fourth-order valence-corrected chi connectivity index (χ4v) is 5.83. The normalized spacial score (nSPS) is 15.2. The highest BCUT2D eigenvalue weighted by Gasteiger charge is 2.34. The van der Waals surface area contributed by atoms with Gasteiger partial charge in [0.2, 0.25) is 13.5 Å². The van der Waals surface area contributed by atoms with E-state index in [1.165, 1.54) is 76.1 Å². The van der Waals surface area contributed by atoms with E-state index < -0.39 is 19.3 Å². The second-order valence-electron chi connectivity index (χ2n) is 10.9. The van der Waals surface area contributed by atoms with Crippen LogP contribution in [-0.2, 0) is 19.2 Å². The Morgan fingerprint density at radius 2 is 1.49 bits per heavy atom. The van der Waals surface area contributed by atoms with Gasteiger partial charge in [0, 0.05) is 23.2 Å². The first-order valence-electron chi connectivity index (χ1n) is 14.4. The lowest BCUT2D eigenvalue weighted by molar-refractivity contribution is -0.137. The molecular weight excluding hydrogens is 814 g/mol. The largest absolute Gasteiger partial charge is 0.416 e. The van der Waals surface area contributed by atoms with Crippen molar-refractivity contribution >= 4 is 74.3 Å². The van der Waals surface area contributed by atoms with Gasteiger partial charge in [-0.1, -0.05) is 55.7 Å². The van der Waals surface area contributed by atoms with Crippen LogP contribution in [0.2, 0.25) is 0 Å². The van der Waals surface area contributed by atoms with Crippen LogP contribution < -0.4 is 22.1 Å². The molecule has 0 bridgehead atoms. The molecule has 6 N–H and O–H groups in total. The van der Waals surface area contributed by atoms with Crippen LogP contribution in [0.1, 0.15) is 72.3 Å². The van der Waals surface area contributed by atoms with E-state index in [0.29, 0.717) is 17.2 Å². The number of halogens is 6. The summed E-state index contributed by atoms with van der Waals surface area (Å²) in [5.74, 6) is 0.213. The minimum atomic E-state index is -4.70. The van der Waals surface area contributed by atoms with Crippen LogP contribution in [0.15, 0.2) is 76.7 Å². The Balaban J connectivity index is 1.69. The molecule has 13 heteroatoms. The minimum absolute atomic E-state index is 0.0614. The number of amides is 1. The summed E-state index contributed by atoms with van der Waals surface area (Å²) in [6, 6.07) is 18.1. The van der Waals surface area contributed by atoms with Gasteiger partial charge >= 0.3 is 6.18 Å². The Morgan fingerprint density at radius 1 is 0.867 bits per heavy atom. The molecule has 0 radical (unpaired) electrons. The van der Waals surface area contributed by atoms with Crippen molar-refractivity contribution in [2.45, 2.75) is 58.8 Å². The Morgan fingerprint density at radius 3 is 2.07 bits per heavy atom. The number of carbonyl (C=O) groups is 1. The Kier molecular flexibility index (Phi) is 11.7. The highest BCUT2D eigenvalue weighted by atomic mass is 127. The predicted molar refractivity (Wildman–Crippen MR) is 188 cm³/mol. The summed E-state index contributed by atoms with van der Waals surface area (Å²) in [4.78, 5) is 21.2. The van der Waals surface area contributed by atoms with Gasteiger partial charge in [-0.15, -0.1) is 0 Å². The standard InChI is InChI=1S/C32H34F4I2N6O/c33-31(34,35)24-16-25(32(36,37)38)18-26(17-24)43-30(41)44(27-12-10-22(11-13-27)21-4-2-1-3-5-21)19-20-6-8-23(9-7-20)29(40)42-15-14-28(39)45/h6-13,16-18,21H,1-5,14-15,19H2,(H2,39,45)(H2,40,42)(H2,41,43). The lowest BCUT2D eigenvalue weighted by Crippen LogP contribution is -2.36. The quantitative estimate of drug-likeness (QED) is 0.0631. The van der Waals surface area contributed by atoms with Crippen LogP contribution in [0.4, 0.5) is 28.9 Å². The fourth-order valence-electron chi connectivity index (χ4n) is 5.20. The Labute approximate surface area is 287 Å². The van der Waals surface area contributed by atoms with E-state index in [1.807, 2.05) is 24.3 Å². The molecule has 7 nitrogen and oxygen atoms in total. The second kappa shape index (κ2) is 15.1. The van der Waals surface area contributed by atoms with Gasteiger partial charge in [-0.05, 0) is 105 Å². The Bertz CT molecular complexity index is 1500. The lowest BCUT2D eigenvalue weighted by Gasteiger charge is -2.26. The number of anilines is 1. The first kappa shape index (κ1) is 34.9. The molecule has 0 atom stereocenters. The minimum Gasteiger partial charge on any atom is -0.384 e. The van der Waals surface area contributed by atoms with Gasteiger partial charge in [-0.2, -0.15) is 13.2 Å². The van der Waals surface area contributed by atoms with E-state index in [9.17, 15) is 22.4 Å². The zero-order valence-electron chi connectivity index (χ0n) is 24.3. The van der Waals surface area contributed by atoms with E-state index in [0.717, 1.165) is 30.5 Å². The average Bonchev–Trinajstić information content (AvgIpc) is 2.99. The van der Waals surface area contributed by atoms with E-state index in [-0.39, 0.29) is 42.6 Å². The second-order valence-corrected chi connectivity index (χ2v) is 16.0. The smallest absolute Gasteiger partial charge is 0.384 e. The number of carbonyl (C=O) groups excluding carboxylic acids is 1. The molecule has 1 aliphatic carbocycles. The summed E-state index contributed by atoms with van der Waals surface area (Å²) in [6.07, 6.45) is 1.29. The number of guanidine groups is 1. The molecule has 240 valence electrons. The lowest BCUT2D eigenvalue weighted by atomic mass is 9.84. The molecule has 3 aromatic carbocycles. The van der Waals surface area contributed by atoms with Crippen LogP contribution in [0, 0.1) is 0 Å². The van der Waals surface area contributed by atoms with Crippen molar-refractivity contribution < 1.29 is 22.4 Å². The molecule has 0 heterocycles. The topological polar surface area (TPSA) is 123 Å². The molecule has 1 saturated carbocycles. The van der Waals surface area contributed by atoms with Gasteiger partial charge in [0.1, 0.15) is 5.84 Å². The van der Waals surface area contributed by atoms with E-state index in [1.54, 1.807) is 17.0 Å². The molecule has 0 unspecified atom stereocenters. The number of aliphatic imine (C=N–C) groups is 2. The van der Waals surface area contributed by atoms with Crippen LogP contribution in [0.5, 0.6) is 0 Å². The number of amidine groups is 1. The molecule has 1 fully saturated rings. The van der Waals surface area contributed by atoms with Crippen molar-refractivity contribution in [1.29, 1.82) is 0 Å². The summed E-state index contributed by atoms with van der Waals surface area (Å²) in [5, 5.41) is 0. The zero-order valence-corrected chi connectivity index (χ0v) is 28.6. The molecule has 0 spiro atoms. The SMILES string of the molecule is NC(=O)CCN=C(N)c1ccc(CN(C(N)=Nc2cc(C(F)(F)F)cc(C(F)(I)I)c2)c2ccc(C3CCCCC3)cc2)cc1. The van der Waals surface area contributed by atoms with Crippen molar-refractivity contribution in [2.24, 2.45) is 27.2 Å². The van der Waals surface area contributed by atoms with Crippen molar-refractivity contribution in [3.05, 3.63) is 94.5 Å². The third kappa shape index (κ3) is 10.0. The molecule has 4 rings (SSSR count). The van der Waals surface area contributed by atoms with Crippen LogP contribution in [0.25, 0.3) is 0 Å². The van der Waals surface area contributed by atoms with Crippen molar-refractivity contribution in [1.82, 2.24) is 0 Å². The van der Waals surface area contributed by atoms with Crippen LogP contribution in [0.3, 0.4) is 0 Å². The highest BCUT2D eigenvalue weighted by molar-refractivity contribution is 14.2. The van der Waals surface area contributed by atoms with Crippen molar-refractivity contribution in [3.63, 3.8) is 0 Å². The number of rotatable bonds is 10. The highest BCUT2D eigenvalue weighted by Crippen LogP contribution is 2.44. The number of primary amides is 1. The zero-order chi connectivity index (χ0) is 32.8. The summed E-state index contributed by atoms with van der Waals surface area (Å²) < 4.78 is 53.8. The van der Waals surface area contributed by atoms with Gasteiger partial charge in [0.25, 0.3) is 0 Å². The summed E-state index contributed by atoms with van der Waals surface area (Å²) >= 11 is 2.88. The fraction of sp³-hybridized carbons (Fsp3) is 0.344. The third-order valence-corrected chi connectivity index (χ3v) is 8.85. The Hall–Kier alpha value is -2.95. The van der Waals surface area contributed by atoms with E-state index >= 15 is 0 Å². The number of benzene rings is 3. The molecule has 0 saturated heterocycles. The molecule has 0 aromatic heterocycles. The number of nitrogens with zero attached hydrogens (tertiary/aromatic N) is 3. The first-order valence-corrected chi connectivity index (χ1v) is 16.5. The van der Waals surface area contributed by atoms with Crippen molar-refractivity contribution in [2.75, 3.05) is 11.4 Å². The molecule has 0 aliphatic heterocycles. The van der Waals surface area contributed by atoms with Crippen LogP contribution in [-0.4, -0.2) is 24.2 Å². The first-order chi connectivity index (χ1) is 21.2. The summed E-state index contributed by atoms with van der Waals surface area (Å²) in [5.41, 5.74) is 19.8. The molecule has 3 aromatic rings. The number of hydrogen-bond donors (Lipinski definition) is 3. The molecule has 45 heavy (non-hydrogen) atoms. The maximum atomic E-state index is 14.8. The van der Waals surface area contributed by atoms with Gasteiger partial charge < -0.3 is 22.1 Å². The number of nitrogens with two attached hydrogens (primary N) is 3. The molecule has 1 aliphatic rings. The summed E-state index contributed by atoms with van der Waals surface area (Å²) in [7, 11) is 0. The molecular formula is C32H34F4I2N6O. The van der Waals surface area contributed by atoms with Crippen molar-refractivity contribution in [3.8, 4) is 0 Å². The third-order valence-electron chi connectivity index (χ3n) is 7.60. The van der Waals surface area contributed by atoms with Gasteiger partial charge in [0.15, 0.2) is 0 Å². The summed E-state index contributed by atoms with van der Waals surface area (Å²) in [6.45, 7) is 0.408.